The number of likely N-dealkylation sites (N-methyl/N-ethyl adjacent to an activating group) is 1. The van der Waals surface area contributed by atoms with Gasteiger partial charge in [-0.15, -0.1) is 0 Å². The smallest absolute Gasteiger partial charge is 0.0379 e. The van der Waals surface area contributed by atoms with Gasteiger partial charge in [0.25, 0.3) is 0 Å². The zero-order valence-electron chi connectivity index (χ0n) is 9.85. The maximum atomic E-state index is 2.47. The molecule has 2 heterocycles. The molecule has 1 aliphatic heterocycles. The van der Waals surface area contributed by atoms with Crippen LogP contribution in [0.4, 0.5) is 0 Å². The van der Waals surface area contributed by atoms with Gasteiger partial charge in [-0.2, -0.15) is 0 Å². The van der Waals surface area contributed by atoms with Gasteiger partial charge in [0.15, 0.2) is 0 Å². The first-order valence-corrected chi connectivity index (χ1v) is 5.67. The van der Waals surface area contributed by atoms with E-state index in [1.54, 1.807) is 0 Å². The molecule has 0 radical (unpaired) electrons. The normalized spacial score (nSPS) is 27.8. The number of hydrogen-bond acceptors (Lipinski definition) is 1. The molecule has 1 aromatic heterocycles. The molecular weight excluding hydrogens is 184 g/mol. The molecule has 0 bridgehead atoms. The zero-order chi connectivity index (χ0) is 10.8. The summed E-state index contributed by atoms with van der Waals surface area (Å²) in [5.41, 5.74) is 1.53. The van der Waals surface area contributed by atoms with Crippen LogP contribution in [0.1, 0.15) is 20.3 Å². The Labute approximate surface area is 92.2 Å². The Morgan fingerprint density at radius 2 is 2.00 bits per heavy atom. The molecule has 0 aliphatic carbocycles. The van der Waals surface area contributed by atoms with Gasteiger partial charge in [0.2, 0.25) is 0 Å². The second kappa shape index (κ2) is 4.23. The third-order valence-electron chi connectivity index (χ3n) is 3.39. The Morgan fingerprint density at radius 1 is 1.33 bits per heavy atom. The SMILES string of the molecule is CC1=C[C@@H](C)N(C)[C@H](Cn2cccc2)C1. The summed E-state index contributed by atoms with van der Waals surface area (Å²) in [7, 11) is 2.22. The Morgan fingerprint density at radius 3 is 2.67 bits per heavy atom. The van der Waals surface area contributed by atoms with E-state index in [-0.39, 0.29) is 0 Å². The molecular formula is C13H20N2. The lowest BCUT2D eigenvalue weighted by atomic mass is 9.98. The summed E-state index contributed by atoms with van der Waals surface area (Å²) >= 11 is 0. The first kappa shape index (κ1) is 10.5. The van der Waals surface area contributed by atoms with Crippen LogP contribution in [0.2, 0.25) is 0 Å². The Hall–Kier alpha value is -1.02. The van der Waals surface area contributed by atoms with E-state index in [0.29, 0.717) is 12.1 Å². The summed E-state index contributed by atoms with van der Waals surface area (Å²) in [6.45, 7) is 5.61. The lowest BCUT2D eigenvalue weighted by Gasteiger charge is -2.36. The van der Waals surface area contributed by atoms with Gasteiger partial charge in [0.1, 0.15) is 0 Å². The highest BCUT2D eigenvalue weighted by atomic mass is 15.2. The monoisotopic (exact) mass is 204 g/mol. The molecule has 2 atom stereocenters. The number of nitrogens with zero attached hydrogens (tertiary/aromatic N) is 2. The summed E-state index contributed by atoms with van der Waals surface area (Å²) in [5, 5.41) is 0. The van der Waals surface area contributed by atoms with Gasteiger partial charge in [0, 0.05) is 31.0 Å². The van der Waals surface area contributed by atoms with Crippen molar-refractivity contribution in [2.24, 2.45) is 0 Å². The molecule has 1 aliphatic rings. The first-order chi connectivity index (χ1) is 7.16. The van der Waals surface area contributed by atoms with Crippen LogP contribution in [-0.4, -0.2) is 28.6 Å². The highest BCUT2D eigenvalue weighted by molar-refractivity contribution is 5.10. The van der Waals surface area contributed by atoms with E-state index in [1.165, 1.54) is 12.0 Å². The largest absolute Gasteiger partial charge is 0.353 e. The zero-order valence-corrected chi connectivity index (χ0v) is 9.85. The minimum atomic E-state index is 0.569. The average Bonchev–Trinajstić information content (AvgIpc) is 2.66. The van der Waals surface area contributed by atoms with Crippen molar-refractivity contribution in [3.63, 3.8) is 0 Å². The van der Waals surface area contributed by atoms with Crippen molar-refractivity contribution in [3.05, 3.63) is 36.2 Å². The lowest BCUT2D eigenvalue weighted by molar-refractivity contribution is 0.178. The van der Waals surface area contributed by atoms with Gasteiger partial charge in [-0.1, -0.05) is 11.6 Å². The summed E-state index contributed by atoms with van der Waals surface area (Å²) in [4.78, 5) is 2.47. The van der Waals surface area contributed by atoms with Gasteiger partial charge in [-0.3, -0.25) is 4.90 Å². The van der Waals surface area contributed by atoms with Crippen molar-refractivity contribution >= 4 is 0 Å². The average molecular weight is 204 g/mol. The molecule has 0 saturated carbocycles. The van der Waals surface area contributed by atoms with Crippen molar-refractivity contribution in [2.75, 3.05) is 7.05 Å². The molecule has 0 unspecified atom stereocenters. The van der Waals surface area contributed by atoms with Crippen LogP contribution >= 0.6 is 0 Å². The quantitative estimate of drug-likeness (QED) is 0.672. The molecule has 0 spiro atoms. The summed E-state index contributed by atoms with van der Waals surface area (Å²) in [6.07, 6.45) is 7.85. The maximum absolute atomic E-state index is 2.47. The summed E-state index contributed by atoms with van der Waals surface area (Å²) < 4.78 is 2.27. The van der Waals surface area contributed by atoms with Crippen LogP contribution in [0.3, 0.4) is 0 Å². The van der Waals surface area contributed by atoms with E-state index in [9.17, 15) is 0 Å². The van der Waals surface area contributed by atoms with Crippen LogP contribution in [0, 0.1) is 0 Å². The van der Waals surface area contributed by atoms with Gasteiger partial charge >= 0.3 is 0 Å². The molecule has 2 rings (SSSR count). The van der Waals surface area contributed by atoms with Crippen molar-refractivity contribution in [2.45, 2.75) is 38.9 Å². The van der Waals surface area contributed by atoms with Crippen molar-refractivity contribution in [3.8, 4) is 0 Å². The molecule has 15 heavy (non-hydrogen) atoms. The van der Waals surface area contributed by atoms with E-state index < -0.39 is 0 Å². The molecule has 0 amide bonds. The van der Waals surface area contributed by atoms with Gasteiger partial charge < -0.3 is 4.57 Å². The van der Waals surface area contributed by atoms with Gasteiger partial charge in [-0.25, -0.2) is 0 Å². The molecule has 0 aromatic carbocycles. The minimum absolute atomic E-state index is 0.569. The molecule has 0 N–H and O–H groups in total. The van der Waals surface area contributed by atoms with Crippen LogP contribution < -0.4 is 0 Å². The predicted octanol–water partition coefficient (Wildman–Crippen LogP) is 2.53. The van der Waals surface area contributed by atoms with Crippen molar-refractivity contribution in [1.82, 2.24) is 9.47 Å². The second-order valence-electron chi connectivity index (χ2n) is 4.66. The Balaban J connectivity index is 2.07. The van der Waals surface area contributed by atoms with E-state index in [0.717, 1.165) is 6.54 Å². The van der Waals surface area contributed by atoms with E-state index in [2.05, 4.69) is 61.0 Å². The van der Waals surface area contributed by atoms with Crippen molar-refractivity contribution in [1.29, 1.82) is 0 Å². The van der Waals surface area contributed by atoms with Gasteiger partial charge in [-0.05, 0) is 39.4 Å². The maximum Gasteiger partial charge on any atom is 0.0379 e. The number of rotatable bonds is 2. The number of aromatic nitrogens is 1. The van der Waals surface area contributed by atoms with Crippen LogP contribution in [0.15, 0.2) is 36.2 Å². The standard InChI is InChI=1S/C13H20N2/c1-11-8-12(2)14(3)13(9-11)10-15-6-4-5-7-15/h4-8,12-13H,9-10H2,1-3H3/t12-,13+/m1/s1. The van der Waals surface area contributed by atoms with Crippen LogP contribution in [0.5, 0.6) is 0 Å². The second-order valence-corrected chi connectivity index (χ2v) is 4.66. The highest BCUT2D eigenvalue weighted by Gasteiger charge is 2.23. The van der Waals surface area contributed by atoms with E-state index in [4.69, 9.17) is 0 Å². The third kappa shape index (κ3) is 2.32. The summed E-state index contributed by atoms with van der Waals surface area (Å²) in [6, 6.07) is 5.39. The topological polar surface area (TPSA) is 8.17 Å². The predicted molar refractivity (Wildman–Crippen MR) is 63.8 cm³/mol. The fourth-order valence-corrected chi connectivity index (χ4v) is 2.37. The molecule has 2 heteroatoms. The van der Waals surface area contributed by atoms with Crippen LogP contribution in [-0.2, 0) is 6.54 Å². The molecule has 2 nitrogen and oxygen atoms in total. The Bertz CT molecular complexity index is 337. The number of hydrogen-bond donors (Lipinski definition) is 0. The molecule has 1 aromatic rings. The minimum Gasteiger partial charge on any atom is -0.353 e. The van der Waals surface area contributed by atoms with Gasteiger partial charge in [0.05, 0.1) is 0 Å². The third-order valence-corrected chi connectivity index (χ3v) is 3.39. The lowest BCUT2D eigenvalue weighted by Crippen LogP contribution is -2.43. The van der Waals surface area contributed by atoms with E-state index >= 15 is 0 Å². The highest BCUT2D eigenvalue weighted by Crippen LogP contribution is 2.21. The fraction of sp³-hybridized carbons (Fsp3) is 0.538. The molecule has 0 saturated heterocycles. The fourth-order valence-electron chi connectivity index (χ4n) is 2.37. The Kier molecular flexibility index (Phi) is 2.96. The van der Waals surface area contributed by atoms with Crippen molar-refractivity contribution < 1.29 is 0 Å². The van der Waals surface area contributed by atoms with E-state index in [1.807, 2.05) is 0 Å². The first-order valence-electron chi connectivity index (χ1n) is 5.67. The summed E-state index contributed by atoms with van der Waals surface area (Å²) in [5.74, 6) is 0. The van der Waals surface area contributed by atoms with Crippen LogP contribution in [0.25, 0.3) is 0 Å². The molecule has 0 fully saturated rings. The molecule has 82 valence electrons.